The molecule has 1 amide bonds. The van der Waals surface area contributed by atoms with E-state index < -0.39 is 0 Å². The minimum Gasteiger partial charge on any atom is -0.350 e. The number of nitrogens with zero attached hydrogens (tertiary/aromatic N) is 2. The predicted octanol–water partition coefficient (Wildman–Crippen LogP) is 3.64. The largest absolute Gasteiger partial charge is 0.350 e. The van der Waals surface area contributed by atoms with Crippen molar-refractivity contribution in [3.63, 3.8) is 0 Å². The zero-order valence-corrected chi connectivity index (χ0v) is 18.9. The van der Waals surface area contributed by atoms with E-state index in [2.05, 4.69) is 38.6 Å². The van der Waals surface area contributed by atoms with Crippen molar-refractivity contribution in [2.45, 2.75) is 58.9 Å². The fourth-order valence-corrected chi connectivity index (χ4v) is 4.58. The van der Waals surface area contributed by atoms with Gasteiger partial charge in [-0.3, -0.25) is 14.5 Å². The van der Waals surface area contributed by atoms with Crippen LogP contribution in [0.1, 0.15) is 73.3 Å². The quantitative estimate of drug-likeness (QED) is 0.780. The van der Waals surface area contributed by atoms with Gasteiger partial charge in [-0.25, -0.2) is 4.98 Å². The maximum absolute atomic E-state index is 12.9. The molecule has 0 aromatic carbocycles. The highest BCUT2D eigenvalue weighted by atomic mass is 32.1. The molecule has 158 valence electrons. The summed E-state index contributed by atoms with van der Waals surface area (Å²) in [7, 11) is 0. The lowest BCUT2D eigenvalue weighted by Crippen LogP contribution is -2.42. The molecule has 1 fully saturated rings. The van der Waals surface area contributed by atoms with Gasteiger partial charge in [-0.1, -0.05) is 33.8 Å². The van der Waals surface area contributed by atoms with Crippen LogP contribution in [-0.2, 0) is 5.41 Å². The molecule has 3 rings (SSSR count). The highest BCUT2D eigenvalue weighted by molar-refractivity contribution is 7.10. The van der Waals surface area contributed by atoms with Crippen LogP contribution in [0.3, 0.4) is 0 Å². The van der Waals surface area contributed by atoms with Crippen molar-refractivity contribution in [2.75, 3.05) is 19.6 Å². The van der Waals surface area contributed by atoms with Gasteiger partial charge in [0.2, 0.25) is 0 Å². The molecule has 1 aliphatic heterocycles. The van der Waals surface area contributed by atoms with Gasteiger partial charge in [-0.2, -0.15) is 0 Å². The molecule has 0 aliphatic carbocycles. The Morgan fingerprint density at radius 3 is 2.62 bits per heavy atom. The van der Waals surface area contributed by atoms with Crippen LogP contribution in [0.5, 0.6) is 0 Å². The topological polar surface area (TPSA) is 78.1 Å². The summed E-state index contributed by atoms with van der Waals surface area (Å²) >= 11 is 1.71. The van der Waals surface area contributed by atoms with Crippen LogP contribution in [0.15, 0.2) is 22.3 Å². The summed E-state index contributed by atoms with van der Waals surface area (Å²) in [5.74, 6) is 0.984. The van der Waals surface area contributed by atoms with Crippen LogP contribution < -0.4 is 10.9 Å². The Hall–Kier alpha value is -1.99. The number of aromatic amines is 1. The summed E-state index contributed by atoms with van der Waals surface area (Å²) in [4.78, 5) is 36.4. The second-order valence-corrected chi connectivity index (χ2v) is 10.1. The lowest BCUT2D eigenvalue weighted by molar-refractivity contribution is 0.0912. The van der Waals surface area contributed by atoms with E-state index in [4.69, 9.17) is 0 Å². The summed E-state index contributed by atoms with van der Waals surface area (Å²) in [6.45, 7) is 12.5. The van der Waals surface area contributed by atoms with Crippen molar-refractivity contribution >= 4 is 17.2 Å². The minimum absolute atomic E-state index is 0.107. The zero-order valence-electron chi connectivity index (χ0n) is 18.0. The maximum Gasteiger partial charge on any atom is 0.264 e. The van der Waals surface area contributed by atoms with Crippen LogP contribution in [0, 0.1) is 12.8 Å². The molecule has 0 bridgehead atoms. The second-order valence-electron chi connectivity index (χ2n) is 9.08. The van der Waals surface area contributed by atoms with Gasteiger partial charge in [0.25, 0.3) is 11.5 Å². The lowest BCUT2D eigenvalue weighted by Gasteiger charge is -2.36. The first-order valence-corrected chi connectivity index (χ1v) is 11.2. The van der Waals surface area contributed by atoms with E-state index in [0.29, 0.717) is 18.1 Å². The molecular formula is C22H32N4O2S. The molecule has 29 heavy (non-hydrogen) atoms. The normalized spacial score (nSPS) is 17.3. The SMILES string of the molecule is Cc1nc(C(C)(C)C)[nH]c(=O)c1C(=O)NCC(c1cccs1)N1CCC(C)CC1. The molecule has 0 radical (unpaired) electrons. The van der Waals surface area contributed by atoms with Gasteiger partial charge < -0.3 is 10.3 Å². The van der Waals surface area contributed by atoms with Crippen LogP contribution in [0.25, 0.3) is 0 Å². The lowest BCUT2D eigenvalue weighted by atomic mass is 9.95. The van der Waals surface area contributed by atoms with Gasteiger partial charge in [0.05, 0.1) is 11.7 Å². The standard InChI is InChI=1S/C22H32N4O2S/c1-14-8-10-26(11-9-14)16(17-7-6-12-29-17)13-23-19(27)18-15(2)24-21(22(3,4)5)25-20(18)28/h6-7,12,14,16H,8-11,13H2,1-5H3,(H,23,27)(H,24,25,28). The van der Waals surface area contributed by atoms with Crippen molar-refractivity contribution in [1.29, 1.82) is 0 Å². The van der Waals surface area contributed by atoms with E-state index >= 15 is 0 Å². The number of aryl methyl sites for hydroxylation is 1. The van der Waals surface area contributed by atoms with E-state index in [0.717, 1.165) is 19.0 Å². The van der Waals surface area contributed by atoms with Crippen molar-refractivity contribution in [3.05, 3.63) is 49.8 Å². The van der Waals surface area contributed by atoms with E-state index in [9.17, 15) is 9.59 Å². The van der Waals surface area contributed by atoms with E-state index in [-0.39, 0.29) is 28.5 Å². The summed E-state index contributed by atoms with van der Waals surface area (Å²) in [5.41, 5.74) is -0.0838. The summed E-state index contributed by atoms with van der Waals surface area (Å²) in [6.07, 6.45) is 2.35. The number of carbonyl (C=O) groups is 1. The third-order valence-corrected chi connectivity index (χ3v) is 6.60. The average Bonchev–Trinajstić information content (AvgIpc) is 3.16. The Morgan fingerprint density at radius 1 is 1.38 bits per heavy atom. The summed E-state index contributed by atoms with van der Waals surface area (Å²) in [5, 5.41) is 5.07. The van der Waals surface area contributed by atoms with Gasteiger partial charge in [-0.05, 0) is 50.2 Å². The molecule has 1 atom stereocenters. The van der Waals surface area contributed by atoms with E-state index in [1.807, 2.05) is 26.8 Å². The first-order valence-electron chi connectivity index (χ1n) is 10.3. The van der Waals surface area contributed by atoms with Gasteiger partial charge in [-0.15, -0.1) is 11.3 Å². The number of hydrogen-bond donors (Lipinski definition) is 2. The van der Waals surface area contributed by atoms with Crippen molar-refractivity contribution in [2.24, 2.45) is 5.92 Å². The first-order chi connectivity index (χ1) is 13.7. The maximum atomic E-state index is 12.9. The third-order valence-electron chi connectivity index (χ3n) is 5.62. The number of rotatable bonds is 5. The molecule has 0 spiro atoms. The molecule has 2 aromatic heterocycles. The van der Waals surface area contributed by atoms with Crippen molar-refractivity contribution < 1.29 is 4.79 Å². The number of thiophene rings is 1. The molecule has 1 unspecified atom stereocenters. The van der Waals surface area contributed by atoms with E-state index in [1.54, 1.807) is 18.3 Å². The Balaban J connectivity index is 1.76. The minimum atomic E-state index is -0.376. The zero-order chi connectivity index (χ0) is 21.2. The number of amides is 1. The van der Waals surface area contributed by atoms with Gasteiger partial charge in [0.1, 0.15) is 11.4 Å². The Bertz CT molecular complexity index is 891. The third kappa shape index (κ3) is 5.14. The second kappa shape index (κ2) is 8.79. The number of likely N-dealkylation sites (tertiary alicyclic amines) is 1. The Kier molecular flexibility index (Phi) is 6.58. The fraction of sp³-hybridized carbons (Fsp3) is 0.591. The molecular weight excluding hydrogens is 384 g/mol. The smallest absolute Gasteiger partial charge is 0.264 e. The van der Waals surface area contributed by atoms with Crippen LogP contribution >= 0.6 is 11.3 Å². The first kappa shape index (κ1) is 21.7. The molecule has 1 aliphatic rings. The molecule has 7 heteroatoms. The number of piperidine rings is 1. The monoisotopic (exact) mass is 416 g/mol. The molecule has 2 aromatic rings. The predicted molar refractivity (Wildman–Crippen MR) is 118 cm³/mol. The number of H-pyrrole nitrogens is 1. The highest BCUT2D eigenvalue weighted by Crippen LogP contribution is 2.29. The van der Waals surface area contributed by atoms with Gasteiger partial charge in [0, 0.05) is 16.8 Å². The van der Waals surface area contributed by atoms with Gasteiger partial charge >= 0.3 is 0 Å². The number of nitrogens with one attached hydrogen (secondary N) is 2. The Labute approximate surface area is 176 Å². The molecule has 1 saturated heterocycles. The molecule has 2 N–H and O–H groups in total. The number of carbonyl (C=O) groups excluding carboxylic acids is 1. The summed E-state index contributed by atoms with van der Waals surface area (Å²) in [6, 6.07) is 4.30. The average molecular weight is 417 g/mol. The number of hydrogen-bond acceptors (Lipinski definition) is 5. The molecule has 3 heterocycles. The van der Waals surface area contributed by atoms with Gasteiger partial charge in [0.15, 0.2) is 0 Å². The number of aromatic nitrogens is 2. The molecule has 0 saturated carbocycles. The van der Waals surface area contributed by atoms with E-state index in [1.165, 1.54) is 17.7 Å². The Morgan fingerprint density at radius 2 is 2.07 bits per heavy atom. The van der Waals surface area contributed by atoms with Crippen molar-refractivity contribution in [3.8, 4) is 0 Å². The molecule has 6 nitrogen and oxygen atoms in total. The highest BCUT2D eigenvalue weighted by Gasteiger charge is 2.27. The van der Waals surface area contributed by atoms with Crippen LogP contribution in [0.2, 0.25) is 0 Å². The fourth-order valence-electron chi connectivity index (χ4n) is 3.72. The van der Waals surface area contributed by atoms with Crippen LogP contribution in [0.4, 0.5) is 0 Å². The van der Waals surface area contributed by atoms with Crippen LogP contribution in [-0.4, -0.2) is 40.4 Å². The van der Waals surface area contributed by atoms with Crippen molar-refractivity contribution in [1.82, 2.24) is 20.2 Å². The summed E-state index contributed by atoms with van der Waals surface area (Å²) < 4.78 is 0.